The number of allylic oxidation sites excluding steroid dienone is 1. The van der Waals surface area contributed by atoms with Crippen molar-refractivity contribution in [1.29, 1.82) is 0 Å². The van der Waals surface area contributed by atoms with Gasteiger partial charge in [0.1, 0.15) is 0 Å². The van der Waals surface area contributed by atoms with Gasteiger partial charge in [-0.2, -0.15) is 0 Å². The van der Waals surface area contributed by atoms with Gasteiger partial charge in [0.05, 0.1) is 18.6 Å². The molecule has 0 radical (unpaired) electrons. The minimum absolute atomic E-state index is 0.0579. The molecule has 3 N–H and O–H groups in total. The van der Waals surface area contributed by atoms with E-state index in [1.54, 1.807) is 54.6 Å². The summed E-state index contributed by atoms with van der Waals surface area (Å²) < 4.78 is 5.04. The highest BCUT2D eigenvalue weighted by Crippen LogP contribution is 2.42. The molecule has 272 valence electrons. The molecule has 0 aliphatic carbocycles. The van der Waals surface area contributed by atoms with Crippen molar-refractivity contribution < 1.29 is 44.0 Å². The van der Waals surface area contributed by atoms with E-state index in [1.165, 1.54) is 36.4 Å². The summed E-state index contributed by atoms with van der Waals surface area (Å²) in [6.07, 6.45) is 9.43. The van der Waals surface area contributed by atoms with Crippen LogP contribution in [0.1, 0.15) is 109 Å². The van der Waals surface area contributed by atoms with Crippen LogP contribution in [0.2, 0.25) is 0 Å². The number of hydrogen-bond donors (Lipinski definition) is 3. The Labute approximate surface area is 300 Å². The Hall–Kier alpha value is -4.57. The summed E-state index contributed by atoms with van der Waals surface area (Å²) in [7, 11) is 0. The van der Waals surface area contributed by atoms with Crippen LogP contribution >= 0.6 is 0 Å². The normalized spacial score (nSPS) is 13.3. The summed E-state index contributed by atoms with van der Waals surface area (Å²) in [6, 6.07) is 23.1. The molecule has 3 unspecified atom stereocenters. The first kappa shape index (κ1) is 40.9. The van der Waals surface area contributed by atoms with Gasteiger partial charge in [-0.25, -0.2) is 9.59 Å². The highest BCUT2D eigenvalue weighted by Gasteiger charge is 2.62. The summed E-state index contributed by atoms with van der Waals surface area (Å²) in [5.41, 5.74) is -2.83. The van der Waals surface area contributed by atoms with Crippen molar-refractivity contribution in [2.75, 3.05) is 6.61 Å². The van der Waals surface area contributed by atoms with Crippen LogP contribution in [0.5, 0.6) is 0 Å². The van der Waals surface area contributed by atoms with E-state index >= 15 is 0 Å². The first-order valence-corrected chi connectivity index (χ1v) is 17.8. The zero-order valence-corrected chi connectivity index (χ0v) is 29.3. The van der Waals surface area contributed by atoms with Crippen LogP contribution in [0, 0.1) is 11.3 Å². The molecule has 0 aromatic heterocycles. The number of ether oxygens (including phenoxy) is 1. The number of hydrogen-bond acceptors (Lipinski definition) is 9. The van der Waals surface area contributed by atoms with Crippen molar-refractivity contribution in [3.05, 3.63) is 120 Å². The molecule has 0 saturated heterocycles. The second-order valence-corrected chi connectivity index (χ2v) is 12.7. The van der Waals surface area contributed by atoms with Gasteiger partial charge in [-0.15, -0.1) is 0 Å². The molecular weight excluding hydrogens is 648 g/mol. The lowest BCUT2D eigenvalue weighted by Gasteiger charge is -2.35. The first-order chi connectivity index (χ1) is 24.7. The van der Waals surface area contributed by atoms with E-state index in [2.05, 4.69) is 6.92 Å². The molecule has 3 rings (SSSR count). The van der Waals surface area contributed by atoms with Crippen molar-refractivity contribution in [2.24, 2.45) is 11.3 Å². The molecule has 0 fully saturated rings. The molecule has 0 spiro atoms. The van der Waals surface area contributed by atoms with E-state index in [0.717, 1.165) is 32.1 Å². The zero-order chi connectivity index (χ0) is 37.1. The maximum Gasteiger partial charge on any atom is 0.345 e. The average molecular weight is 699 g/mol. The highest BCUT2D eigenvalue weighted by atomic mass is 16.6. The second kappa shape index (κ2) is 21.6. The van der Waals surface area contributed by atoms with Crippen LogP contribution in [0.4, 0.5) is 0 Å². The Morgan fingerprint density at radius 2 is 1.18 bits per heavy atom. The van der Waals surface area contributed by atoms with Gasteiger partial charge in [-0.05, 0) is 32.1 Å². The Morgan fingerprint density at radius 3 is 1.71 bits per heavy atom. The number of rotatable bonds is 23. The third-order valence-corrected chi connectivity index (χ3v) is 8.98. The van der Waals surface area contributed by atoms with Crippen LogP contribution in [-0.4, -0.2) is 63.4 Å². The third kappa shape index (κ3) is 11.5. The molecule has 0 aliphatic heterocycles. The van der Waals surface area contributed by atoms with Crippen LogP contribution in [0.3, 0.4) is 0 Å². The Morgan fingerprint density at radius 1 is 0.667 bits per heavy atom. The van der Waals surface area contributed by atoms with Crippen LogP contribution in [-0.2, 0) is 14.3 Å². The standard InChI is InChI=1S/C42H50O9/c1-2-3-4-18-27-34(44)28-19-7-5-6-8-20-29-35(37(46)31-21-12-9-13-22-31)42(38(47)32-23-14-10-15-24-32,39(48)33-25-16-11-17-26-33)41(50)51-40(49)36(45)30-43/h7,9-17,19,21-26,34-36,43-45H,2-6,8,18,20,27-30H2,1H3/b19-7-. The lowest BCUT2D eigenvalue weighted by Crippen LogP contribution is -2.56. The topological polar surface area (TPSA) is 155 Å². The van der Waals surface area contributed by atoms with E-state index in [-0.39, 0.29) is 29.2 Å². The number of unbranched alkanes of at least 4 members (excludes halogenated alkanes) is 6. The van der Waals surface area contributed by atoms with Gasteiger partial charge < -0.3 is 20.1 Å². The van der Waals surface area contributed by atoms with E-state index < -0.39 is 53.3 Å². The Bertz CT molecular complexity index is 1520. The molecule has 0 bridgehead atoms. The third-order valence-electron chi connectivity index (χ3n) is 8.98. The monoisotopic (exact) mass is 698 g/mol. The number of ketones is 3. The summed E-state index contributed by atoms with van der Waals surface area (Å²) in [4.78, 5) is 71.2. The zero-order valence-electron chi connectivity index (χ0n) is 29.3. The van der Waals surface area contributed by atoms with Crippen molar-refractivity contribution in [3.8, 4) is 0 Å². The second-order valence-electron chi connectivity index (χ2n) is 12.7. The number of Topliss-reactive ketones (excluding diaryl/α,β-unsaturated/α-hetero) is 3. The van der Waals surface area contributed by atoms with Crippen molar-refractivity contribution in [1.82, 2.24) is 0 Å². The van der Waals surface area contributed by atoms with E-state index in [9.17, 15) is 39.3 Å². The molecule has 0 aliphatic rings. The smallest absolute Gasteiger partial charge is 0.345 e. The van der Waals surface area contributed by atoms with Crippen LogP contribution in [0.25, 0.3) is 0 Å². The maximum absolute atomic E-state index is 14.8. The number of carbonyl (C=O) groups is 5. The van der Waals surface area contributed by atoms with Gasteiger partial charge >= 0.3 is 11.9 Å². The van der Waals surface area contributed by atoms with Gasteiger partial charge in [0, 0.05) is 16.7 Å². The summed E-state index contributed by atoms with van der Waals surface area (Å²) in [5, 5.41) is 29.6. The van der Waals surface area contributed by atoms with Gasteiger partial charge in [-0.1, -0.05) is 149 Å². The number of aliphatic hydroxyl groups is 3. The van der Waals surface area contributed by atoms with E-state index in [4.69, 9.17) is 4.74 Å². The van der Waals surface area contributed by atoms with Gasteiger partial charge in [0.25, 0.3) is 0 Å². The number of benzene rings is 3. The SMILES string of the molecule is CCCCCCC(O)C/C=C\CCCCCC(C(=O)c1ccccc1)C(C(=O)OC(=O)C(O)CO)(C(=O)c1ccccc1)C(=O)c1ccccc1. The first-order valence-electron chi connectivity index (χ1n) is 17.8. The van der Waals surface area contributed by atoms with Gasteiger partial charge in [-0.3, -0.25) is 14.4 Å². The minimum atomic E-state index is -2.87. The molecule has 9 heteroatoms. The van der Waals surface area contributed by atoms with Crippen molar-refractivity contribution in [2.45, 2.75) is 89.8 Å². The van der Waals surface area contributed by atoms with Crippen molar-refractivity contribution >= 4 is 29.3 Å². The fourth-order valence-corrected chi connectivity index (χ4v) is 6.13. The Balaban J connectivity index is 2.01. The van der Waals surface area contributed by atoms with Gasteiger partial charge in [0.15, 0.2) is 23.5 Å². The predicted molar refractivity (Wildman–Crippen MR) is 194 cm³/mol. The number of carbonyl (C=O) groups excluding carboxylic acids is 5. The number of esters is 2. The molecule has 0 amide bonds. The molecule has 3 atom stereocenters. The summed E-state index contributed by atoms with van der Waals surface area (Å²) >= 11 is 0. The lowest BCUT2D eigenvalue weighted by atomic mass is 9.62. The maximum atomic E-state index is 14.8. The molecular formula is C42H50O9. The highest BCUT2D eigenvalue weighted by molar-refractivity contribution is 6.34. The fourth-order valence-electron chi connectivity index (χ4n) is 6.13. The molecule has 3 aromatic rings. The minimum Gasteiger partial charge on any atom is -0.393 e. The lowest BCUT2D eigenvalue weighted by molar-refractivity contribution is -0.171. The fraction of sp³-hybridized carbons (Fsp3) is 0.405. The quantitative estimate of drug-likeness (QED) is 0.0316. The molecule has 3 aromatic carbocycles. The van der Waals surface area contributed by atoms with Crippen LogP contribution in [0.15, 0.2) is 103 Å². The number of aliphatic hydroxyl groups excluding tert-OH is 3. The Kier molecular flexibility index (Phi) is 17.3. The average Bonchev–Trinajstić information content (AvgIpc) is 3.17. The van der Waals surface area contributed by atoms with Crippen molar-refractivity contribution in [3.63, 3.8) is 0 Å². The largest absolute Gasteiger partial charge is 0.393 e. The van der Waals surface area contributed by atoms with E-state index in [1.807, 2.05) is 12.2 Å². The molecule has 0 saturated carbocycles. The summed E-state index contributed by atoms with van der Waals surface area (Å²) in [6.45, 7) is 1.08. The van der Waals surface area contributed by atoms with Crippen LogP contribution < -0.4 is 0 Å². The predicted octanol–water partition coefficient (Wildman–Crippen LogP) is 6.89. The summed E-state index contributed by atoms with van der Waals surface area (Å²) in [5.74, 6) is -7.49. The molecule has 0 heterocycles. The molecule has 9 nitrogen and oxygen atoms in total. The molecule has 51 heavy (non-hydrogen) atoms. The van der Waals surface area contributed by atoms with Gasteiger partial charge in [0.2, 0.25) is 5.41 Å². The van der Waals surface area contributed by atoms with E-state index in [0.29, 0.717) is 32.1 Å².